The molecule has 0 saturated carbocycles. The zero-order valence-corrected chi connectivity index (χ0v) is 13.6. The van der Waals surface area contributed by atoms with E-state index in [9.17, 15) is 13.6 Å². The Labute approximate surface area is 143 Å². The van der Waals surface area contributed by atoms with E-state index < -0.39 is 18.0 Å². The highest BCUT2D eigenvalue weighted by molar-refractivity contribution is 6.25. The summed E-state index contributed by atoms with van der Waals surface area (Å²) in [4.78, 5) is 16.2. The van der Waals surface area contributed by atoms with Crippen molar-refractivity contribution in [3.05, 3.63) is 60.1 Å². The molecule has 6 nitrogen and oxygen atoms in total. The second-order valence-electron chi connectivity index (χ2n) is 4.94. The fourth-order valence-electron chi connectivity index (χ4n) is 2.10. The molecule has 8 heteroatoms. The molecular weight excluding hydrogens is 330 g/mol. The van der Waals surface area contributed by atoms with Gasteiger partial charge in [0.2, 0.25) is 0 Å². The molecule has 0 unspecified atom stereocenters. The van der Waals surface area contributed by atoms with Crippen LogP contribution in [0.1, 0.15) is 6.92 Å². The standard InChI is InChI=1S/C17H18F2N4O2/c1-3-25-14-7-5-4-6-12(14)23-17(24)11(9-20)16-21-10(2)8-13(22-16)15(18)19/h4-9,15H,2-3,20H2,1H3,(H,21,22)(H,23,24). The van der Waals surface area contributed by atoms with E-state index >= 15 is 0 Å². The van der Waals surface area contributed by atoms with E-state index in [1.165, 1.54) is 0 Å². The second-order valence-corrected chi connectivity index (χ2v) is 4.94. The van der Waals surface area contributed by atoms with Crippen LogP contribution in [0.2, 0.25) is 0 Å². The molecule has 0 aromatic heterocycles. The number of rotatable bonds is 6. The van der Waals surface area contributed by atoms with Crippen LogP contribution < -0.4 is 21.1 Å². The Morgan fingerprint density at radius 1 is 1.48 bits per heavy atom. The fraction of sp³-hybridized carbons (Fsp3) is 0.176. The first-order chi connectivity index (χ1) is 12.0. The number of carbonyl (C=O) groups is 1. The number of nitrogens with zero attached hydrogens (tertiary/aromatic N) is 1. The van der Waals surface area contributed by atoms with Crippen LogP contribution in [0.3, 0.4) is 0 Å². The predicted molar refractivity (Wildman–Crippen MR) is 92.3 cm³/mol. The van der Waals surface area contributed by atoms with Gasteiger partial charge in [-0.15, -0.1) is 0 Å². The van der Waals surface area contributed by atoms with Crippen molar-refractivity contribution in [1.82, 2.24) is 5.32 Å². The number of para-hydroxylation sites is 2. The van der Waals surface area contributed by atoms with Gasteiger partial charge >= 0.3 is 0 Å². The highest BCUT2D eigenvalue weighted by Gasteiger charge is 2.23. The third kappa shape index (κ3) is 4.43. The summed E-state index contributed by atoms with van der Waals surface area (Å²) >= 11 is 0. The maximum absolute atomic E-state index is 12.9. The molecule has 4 N–H and O–H groups in total. The zero-order chi connectivity index (χ0) is 18.4. The molecular formula is C17H18F2N4O2. The molecule has 2 rings (SSSR count). The summed E-state index contributed by atoms with van der Waals surface area (Å²) in [6.45, 7) is 5.81. The quantitative estimate of drug-likeness (QED) is 0.689. The lowest BCUT2D eigenvalue weighted by Gasteiger charge is -2.19. The van der Waals surface area contributed by atoms with Crippen LogP contribution in [-0.2, 0) is 4.79 Å². The van der Waals surface area contributed by atoms with E-state index in [1.807, 2.05) is 6.92 Å². The van der Waals surface area contributed by atoms with Crippen molar-refractivity contribution < 1.29 is 18.3 Å². The van der Waals surface area contributed by atoms with Crippen molar-refractivity contribution in [3.63, 3.8) is 0 Å². The molecule has 1 aromatic rings. The molecule has 1 aromatic carbocycles. The van der Waals surface area contributed by atoms with Crippen molar-refractivity contribution in [2.75, 3.05) is 11.9 Å². The molecule has 0 atom stereocenters. The first kappa shape index (κ1) is 18.2. The Morgan fingerprint density at radius 3 is 2.84 bits per heavy atom. The predicted octanol–water partition coefficient (Wildman–Crippen LogP) is 2.53. The second kappa shape index (κ2) is 8.09. The van der Waals surface area contributed by atoms with Crippen LogP contribution >= 0.6 is 0 Å². The van der Waals surface area contributed by atoms with Crippen LogP contribution in [0, 0.1) is 0 Å². The van der Waals surface area contributed by atoms with Crippen LogP contribution in [-0.4, -0.2) is 24.8 Å². The Morgan fingerprint density at radius 2 is 2.20 bits per heavy atom. The van der Waals surface area contributed by atoms with Gasteiger partial charge in [0.05, 0.1) is 17.9 Å². The maximum atomic E-state index is 12.9. The Kier molecular flexibility index (Phi) is 5.89. The lowest BCUT2D eigenvalue weighted by Crippen LogP contribution is -2.33. The summed E-state index contributed by atoms with van der Waals surface area (Å²) in [6.07, 6.45) is -0.703. The van der Waals surface area contributed by atoms with E-state index in [-0.39, 0.29) is 17.1 Å². The number of amides is 1. The average Bonchev–Trinajstić information content (AvgIpc) is 2.57. The van der Waals surface area contributed by atoms with Crippen molar-refractivity contribution in [2.45, 2.75) is 13.3 Å². The van der Waals surface area contributed by atoms with Crippen LogP contribution in [0.5, 0.6) is 5.75 Å². The van der Waals surface area contributed by atoms with E-state index in [0.717, 1.165) is 12.3 Å². The number of nitrogens with one attached hydrogen (secondary N) is 2. The number of aliphatic imine (C=N–C) groups is 1. The number of alkyl halides is 2. The van der Waals surface area contributed by atoms with Crippen molar-refractivity contribution in [1.29, 1.82) is 0 Å². The minimum atomic E-state index is -2.80. The number of halogens is 2. The van der Waals surface area contributed by atoms with E-state index in [4.69, 9.17) is 10.5 Å². The van der Waals surface area contributed by atoms with Crippen molar-refractivity contribution in [3.8, 4) is 5.75 Å². The van der Waals surface area contributed by atoms with Crippen LogP contribution in [0.4, 0.5) is 14.5 Å². The molecule has 1 aliphatic rings. The molecule has 0 spiro atoms. The number of ether oxygens (including phenoxy) is 1. The van der Waals surface area contributed by atoms with E-state index in [1.54, 1.807) is 24.3 Å². The largest absolute Gasteiger partial charge is 0.492 e. The summed E-state index contributed by atoms with van der Waals surface area (Å²) in [5.74, 6) is -0.244. The molecule has 0 bridgehead atoms. The van der Waals surface area contributed by atoms with Gasteiger partial charge in [0.15, 0.2) is 0 Å². The van der Waals surface area contributed by atoms with Crippen molar-refractivity contribution >= 4 is 17.4 Å². The monoisotopic (exact) mass is 348 g/mol. The minimum absolute atomic E-state index is 0.0984. The maximum Gasteiger partial charge on any atom is 0.280 e. The lowest BCUT2D eigenvalue weighted by molar-refractivity contribution is -0.112. The van der Waals surface area contributed by atoms with Gasteiger partial charge in [-0.05, 0) is 25.1 Å². The lowest BCUT2D eigenvalue weighted by atomic mass is 10.2. The van der Waals surface area contributed by atoms with Gasteiger partial charge in [0.1, 0.15) is 17.3 Å². The molecule has 0 radical (unpaired) electrons. The molecule has 0 fully saturated rings. The Bertz CT molecular complexity index is 770. The van der Waals surface area contributed by atoms with Gasteiger partial charge in [-0.2, -0.15) is 0 Å². The highest BCUT2D eigenvalue weighted by Crippen LogP contribution is 2.24. The van der Waals surface area contributed by atoms with Gasteiger partial charge in [-0.1, -0.05) is 18.7 Å². The molecule has 0 aliphatic carbocycles. The third-order valence-electron chi connectivity index (χ3n) is 3.17. The fourth-order valence-corrected chi connectivity index (χ4v) is 2.10. The van der Waals surface area contributed by atoms with Crippen LogP contribution in [0.25, 0.3) is 0 Å². The first-order valence-electron chi connectivity index (χ1n) is 7.46. The summed E-state index contributed by atoms with van der Waals surface area (Å²) < 4.78 is 31.2. The zero-order valence-electron chi connectivity index (χ0n) is 13.6. The van der Waals surface area contributed by atoms with E-state index in [2.05, 4.69) is 22.2 Å². The minimum Gasteiger partial charge on any atom is -0.492 e. The average molecular weight is 348 g/mol. The normalized spacial score (nSPS) is 14.6. The van der Waals surface area contributed by atoms with Crippen molar-refractivity contribution in [2.24, 2.45) is 10.7 Å². The van der Waals surface area contributed by atoms with Gasteiger partial charge in [-0.25, -0.2) is 13.8 Å². The van der Waals surface area contributed by atoms with Gasteiger partial charge in [0.25, 0.3) is 12.3 Å². The third-order valence-corrected chi connectivity index (χ3v) is 3.17. The number of hydrogen-bond acceptors (Lipinski definition) is 5. The Hall–Kier alpha value is -3.16. The van der Waals surface area contributed by atoms with Gasteiger partial charge in [0, 0.05) is 11.9 Å². The summed E-state index contributed by atoms with van der Waals surface area (Å²) in [5.41, 5.74) is 5.52. The number of nitrogens with two attached hydrogens (primary N) is 1. The topological polar surface area (TPSA) is 88.7 Å². The highest BCUT2D eigenvalue weighted by atomic mass is 19.3. The SMILES string of the molecule is C=C1C=C(C(F)F)N=C(C(=CN)C(=O)Nc2ccccc2OCC)N1. The molecule has 132 valence electrons. The Balaban J connectivity index is 2.26. The molecule has 1 aliphatic heterocycles. The molecule has 1 heterocycles. The summed E-state index contributed by atoms with van der Waals surface area (Å²) in [7, 11) is 0. The first-order valence-corrected chi connectivity index (χ1v) is 7.46. The summed E-state index contributed by atoms with van der Waals surface area (Å²) in [5, 5.41) is 5.30. The number of allylic oxidation sites excluding steroid dienone is 2. The van der Waals surface area contributed by atoms with E-state index in [0.29, 0.717) is 18.0 Å². The molecule has 25 heavy (non-hydrogen) atoms. The number of carbonyl (C=O) groups excluding carboxylic acids is 1. The molecule has 0 saturated heterocycles. The number of benzene rings is 1. The number of hydrogen-bond donors (Lipinski definition) is 3. The van der Waals surface area contributed by atoms with Gasteiger partial charge in [-0.3, -0.25) is 4.79 Å². The number of anilines is 1. The molecule has 1 amide bonds. The van der Waals surface area contributed by atoms with Crippen LogP contribution in [0.15, 0.2) is 65.1 Å². The van der Waals surface area contributed by atoms with Gasteiger partial charge < -0.3 is 21.1 Å². The smallest absolute Gasteiger partial charge is 0.280 e. The summed E-state index contributed by atoms with van der Waals surface area (Å²) in [6, 6.07) is 6.83. The number of amidine groups is 1.